The third kappa shape index (κ3) is 3.34. The van der Waals surface area contributed by atoms with Gasteiger partial charge in [0.1, 0.15) is 5.75 Å². The molecule has 3 nitrogen and oxygen atoms in total. The molecule has 0 atom stereocenters. The quantitative estimate of drug-likeness (QED) is 0.813. The van der Waals surface area contributed by atoms with Crippen molar-refractivity contribution in [3.8, 4) is 5.75 Å². The minimum absolute atomic E-state index is 0.418. The van der Waals surface area contributed by atoms with E-state index in [4.69, 9.17) is 9.84 Å². The molecule has 0 saturated carbocycles. The van der Waals surface area contributed by atoms with Crippen LogP contribution in [0.15, 0.2) is 24.3 Å². The zero-order valence-electron chi connectivity index (χ0n) is 10.7. The zero-order chi connectivity index (χ0) is 13.0. The van der Waals surface area contributed by atoms with Gasteiger partial charge in [-0.05, 0) is 30.0 Å². The van der Waals surface area contributed by atoms with E-state index in [1.165, 1.54) is 11.6 Å². The number of ether oxygens (including phenoxy) is 1. The van der Waals surface area contributed by atoms with Gasteiger partial charge in [0.05, 0.1) is 7.11 Å². The molecule has 0 aliphatic rings. The lowest BCUT2D eigenvalue weighted by molar-refractivity contribution is -0.131. The minimum Gasteiger partial charge on any atom is -0.496 e. The second kappa shape index (κ2) is 5.53. The summed E-state index contributed by atoms with van der Waals surface area (Å²) in [4.78, 5) is 10.6. The first-order chi connectivity index (χ1) is 7.95. The molecule has 0 aliphatic heterocycles. The van der Waals surface area contributed by atoms with Crippen LogP contribution < -0.4 is 4.74 Å². The van der Waals surface area contributed by atoms with E-state index in [2.05, 4.69) is 13.8 Å². The van der Waals surface area contributed by atoms with Crippen LogP contribution in [-0.2, 0) is 4.79 Å². The number of carboxylic acid groups (broad SMARTS) is 1. The van der Waals surface area contributed by atoms with E-state index in [-0.39, 0.29) is 0 Å². The maximum Gasteiger partial charge on any atom is 0.328 e. The Labute approximate surface area is 102 Å². The number of methoxy groups -OCH3 is 1. The van der Waals surface area contributed by atoms with E-state index in [0.717, 1.165) is 5.56 Å². The molecule has 0 saturated heterocycles. The highest BCUT2D eigenvalue weighted by Gasteiger charge is 2.09. The summed E-state index contributed by atoms with van der Waals surface area (Å²) in [5.41, 5.74) is 2.68. The molecule has 0 heterocycles. The fourth-order valence-corrected chi connectivity index (χ4v) is 1.66. The van der Waals surface area contributed by atoms with Crippen molar-refractivity contribution in [3.63, 3.8) is 0 Å². The van der Waals surface area contributed by atoms with Gasteiger partial charge in [-0.1, -0.05) is 26.0 Å². The number of hydrogen-bond donors (Lipinski definition) is 1. The van der Waals surface area contributed by atoms with Gasteiger partial charge in [0.2, 0.25) is 0 Å². The smallest absolute Gasteiger partial charge is 0.328 e. The summed E-state index contributed by atoms with van der Waals surface area (Å²) in [5.74, 6) is 0.186. The van der Waals surface area contributed by atoms with Crippen molar-refractivity contribution in [3.05, 3.63) is 35.4 Å². The monoisotopic (exact) mass is 234 g/mol. The van der Waals surface area contributed by atoms with Crippen LogP contribution in [-0.4, -0.2) is 18.2 Å². The Morgan fingerprint density at radius 3 is 2.53 bits per heavy atom. The molecule has 17 heavy (non-hydrogen) atoms. The topological polar surface area (TPSA) is 46.5 Å². The molecule has 0 spiro atoms. The normalized spacial score (nSPS) is 11.7. The fraction of sp³-hybridized carbons (Fsp3) is 0.357. The van der Waals surface area contributed by atoms with Crippen LogP contribution in [0.4, 0.5) is 0 Å². The third-order valence-corrected chi connectivity index (χ3v) is 2.66. The van der Waals surface area contributed by atoms with Gasteiger partial charge < -0.3 is 9.84 Å². The molecule has 1 aromatic rings. The molecule has 0 fully saturated rings. The number of hydrogen-bond acceptors (Lipinski definition) is 2. The van der Waals surface area contributed by atoms with Crippen LogP contribution in [0.2, 0.25) is 0 Å². The van der Waals surface area contributed by atoms with E-state index in [9.17, 15) is 4.79 Å². The summed E-state index contributed by atoms with van der Waals surface area (Å²) < 4.78 is 5.31. The Balaban J connectivity index is 3.21. The minimum atomic E-state index is -0.947. The average Bonchev–Trinajstić information content (AvgIpc) is 2.27. The van der Waals surface area contributed by atoms with Crippen LogP contribution in [0.3, 0.4) is 0 Å². The molecular weight excluding hydrogens is 216 g/mol. The summed E-state index contributed by atoms with van der Waals surface area (Å²) in [6, 6.07) is 5.86. The van der Waals surface area contributed by atoms with E-state index in [0.29, 0.717) is 17.2 Å². The van der Waals surface area contributed by atoms with Gasteiger partial charge in [-0.25, -0.2) is 4.79 Å². The Bertz CT molecular complexity index is 445. The Morgan fingerprint density at radius 1 is 1.41 bits per heavy atom. The average molecular weight is 234 g/mol. The number of carbonyl (C=O) groups is 1. The van der Waals surface area contributed by atoms with Gasteiger partial charge in [0.15, 0.2) is 0 Å². The summed E-state index contributed by atoms with van der Waals surface area (Å²) in [5, 5.41) is 8.73. The van der Waals surface area contributed by atoms with Gasteiger partial charge >= 0.3 is 5.97 Å². The van der Waals surface area contributed by atoms with Gasteiger partial charge in [-0.3, -0.25) is 0 Å². The number of rotatable bonds is 4. The summed E-state index contributed by atoms with van der Waals surface area (Å²) in [6.45, 7) is 5.98. The van der Waals surface area contributed by atoms with Crippen molar-refractivity contribution in [1.29, 1.82) is 0 Å². The first-order valence-electron chi connectivity index (χ1n) is 5.55. The molecule has 3 heteroatoms. The molecule has 1 rings (SSSR count). The van der Waals surface area contributed by atoms with Crippen molar-refractivity contribution in [2.45, 2.75) is 26.7 Å². The summed E-state index contributed by atoms with van der Waals surface area (Å²) >= 11 is 0. The second-order valence-corrected chi connectivity index (χ2v) is 4.28. The molecule has 92 valence electrons. The third-order valence-electron chi connectivity index (χ3n) is 2.66. The van der Waals surface area contributed by atoms with E-state index >= 15 is 0 Å². The van der Waals surface area contributed by atoms with Crippen LogP contribution in [0.5, 0.6) is 5.75 Å². The Morgan fingerprint density at radius 2 is 2.06 bits per heavy atom. The number of aliphatic carboxylic acids is 1. The summed E-state index contributed by atoms with van der Waals surface area (Å²) in [6.07, 6.45) is 1.19. The van der Waals surface area contributed by atoms with Crippen molar-refractivity contribution in [2.75, 3.05) is 7.11 Å². The maximum absolute atomic E-state index is 10.6. The molecule has 0 radical (unpaired) electrons. The van der Waals surface area contributed by atoms with Crippen LogP contribution in [0, 0.1) is 0 Å². The molecule has 0 bridgehead atoms. The van der Waals surface area contributed by atoms with Crippen LogP contribution in [0.25, 0.3) is 5.57 Å². The largest absolute Gasteiger partial charge is 0.496 e. The standard InChI is InChI=1S/C14H18O3/c1-9(2)11-5-6-12(13(8-11)17-4)10(3)7-14(15)16/h5-9H,1-4H3,(H,15,16)/b10-7+. The van der Waals surface area contributed by atoms with Crippen molar-refractivity contribution < 1.29 is 14.6 Å². The van der Waals surface area contributed by atoms with Gasteiger partial charge in [0.25, 0.3) is 0 Å². The van der Waals surface area contributed by atoms with E-state index in [1.807, 2.05) is 18.2 Å². The highest BCUT2D eigenvalue weighted by atomic mass is 16.5. The first-order valence-corrected chi connectivity index (χ1v) is 5.55. The Hall–Kier alpha value is -1.77. The fourth-order valence-electron chi connectivity index (χ4n) is 1.66. The molecule has 0 aromatic heterocycles. The van der Waals surface area contributed by atoms with Gasteiger partial charge in [-0.15, -0.1) is 0 Å². The van der Waals surface area contributed by atoms with E-state index in [1.54, 1.807) is 14.0 Å². The predicted molar refractivity (Wildman–Crippen MR) is 68.4 cm³/mol. The van der Waals surface area contributed by atoms with Gasteiger partial charge in [0, 0.05) is 11.6 Å². The molecular formula is C14H18O3. The first kappa shape index (κ1) is 13.3. The maximum atomic E-state index is 10.6. The number of allylic oxidation sites excluding steroid dienone is 1. The van der Waals surface area contributed by atoms with Gasteiger partial charge in [-0.2, -0.15) is 0 Å². The SMILES string of the molecule is COc1cc(C(C)C)ccc1/C(C)=C/C(=O)O. The van der Waals surface area contributed by atoms with Crippen LogP contribution >= 0.6 is 0 Å². The van der Waals surface area contributed by atoms with E-state index < -0.39 is 5.97 Å². The number of benzene rings is 1. The van der Waals surface area contributed by atoms with Crippen molar-refractivity contribution in [2.24, 2.45) is 0 Å². The highest BCUT2D eigenvalue weighted by Crippen LogP contribution is 2.29. The second-order valence-electron chi connectivity index (χ2n) is 4.28. The number of carboxylic acids is 1. The molecule has 0 unspecified atom stereocenters. The van der Waals surface area contributed by atoms with Crippen molar-refractivity contribution in [1.82, 2.24) is 0 Å². The molecule has 0 amide bonds. The lowest BCUT2D eigenvalue weighted by Gasteiger charge is -2.12. The van der Waals surface area contributed by atoms with Crippen LogP contribution in [0.1, 0.15) is 37.8 Å². The lowest BCUT2D eigenvalue weighted by Crippen LogP contribution is -1.96. The Kier molecular flexibility index (Phi) is 4.32. The zero-order valence-corrected chi connectivity index (χ0v) is 10.7. The molecule has 0 aliphatic carbocycles. The highest BCUT2D eigenvalue weighted by molar-refractivity contribution is 5.90. The van der Waals surface area contributed by atoms with Crippen molar-refractivity contribution >= 4 is 11.5 Å². The molecule has 1 aromatic carbocycles. The summed E-state index contributed by atoms with van der Waals surface area (Å²) in [7, 11) is 1.59. The molecule has 1 N–H and O–H groups in total. The lowest BCUT2D eigenvalue weighted by atomic mass is 9.98. The predicted octanol–water partition coefficient (Wildman–Crippen LogP) is 3.31.